The Labute approximate surface area is 153 Å². The first-order chi connectivity index (χ1) is 12.5. The Bertz CT molecular complexity index is 519. The SMILES string of the molecule is CCC(CCCCOC(=O)C(O)C(O)C(=O)O)OC(=O)C(O)C(O)C(=O)O. The second-order valence-corrected chi connectivity index (χ2v) is 5.59. The van der Waals surface area contributed by atoms with Crippen LogP contribution in [0.5, 0.6) is 0 Å². The van der Waals surface area contributed by atoms with Crippen LogP contribution in [0.4, 0.5) is 0 Å². The third-order valence-electron chi connectivity index (χ3n) is 3.49. The van der Waals surface area contributed by atoms with Crippen molar-refractivity contribution in [3.8, 4) is 0 Å². The lowest BCUT2D eigenvalue weighted by molar-refractivity contribution is -0.174. The zero-order chi connectivity index (χ0) is 21.1. The molecular formula is C15H24O12. The molecule has 0 aliphatic carbocycles. The molecule has 0 saturated carbocycles. The Kier molecular flexibility index (Phi) is 11.1. The van der Waals surface area contributed by atoms with Crippen LogP contribution in [0.3, 0.4) is 0 Å². The second-order valence-electron chi connectivity index (χ2n) is 5.59. The number of carboxylic acid groups (broad SMARTS) is 2. The number of aliphatic hydroxyl groups is 4. The molecule has 0 rings (SSSR count). The molecular weight excluding hydrogens is 372 g/mol. The summed E-state index contributed by atoms with van der Waals surface area (Å²) >= 11 is 0. The predicted molar refractivity (Wildman–Crippen MR) is 84.3 cm³/mol. The normalized spacial score (nSPS) is 16.5. The van der Waals surface area contributed by atoms with Crippen molar-refractivity contribution in [2.24, 2.45) is 0 Å². The summed E-state index contributed by atoms with van der Waals surface area (Å²) in [6.07, 6.45) is -8.47. The Hall–Kier alpha value is -2.28. The highest BCUT2D eigenvalue weighted by atomic mass is 16.6. The van der Waals surface area contributed by atoms with Crippen LogP contribution in [0.2, 0.25) is 0 Å². The zero-order valence-corrected chi connectivity index (χ0v) is 14.6. The van der Waals surface area contributed by atoms with E-state index in [2.05, 4.69) is 4.74 Å². The van der Waals surface area contributed by atoms with Gasteiger partial charge in [0, 0.05) is 0 Å². The van der Waals surface area contributed by atoms with Crippen LogP contribution in [-0.4, -0.2) is 91.6 Å². The third-order valence-corrected chi connectivity index (χ3v) is 3.49. The zero-order valence-electron chi connectivity index (χ0n) is 14.6. The molecule has 0 aromatic heterocycles. The average Bonchev–Trinajstić information content (AvgIpc) is 2.63. The molecule has 0 spiro atoms. The molecule has 12 nitrogen and oxygen atoms in total. The number of carboxylic acids is 2. The van der Waals surface area contributed by atoms with E-state index >= 15 is 0 Å². The number of esters is 2. The van der Waals surface area contributed by atoms with Gasteiger partial charge in [-0.05, 0) is 25.7 Å². The minimum atomic E-state index is -2.30. The molecule has 0 aliphatic heterocycles. The lowest BCUT2D eigenvalue weighted by Crippen LogP contribution is -2.41. The van der Waals surface area contributed by atoms with Crippen molar-refractivity contribution >= 4 is 23.9 Å². The maximum absolute atomic E-state index is 11.6. The van der Waals surface area contributed by atoms with Crippen molar-refractivity contribution in [1.82, 2.24) is 0 Å². The first-order valence-corrected chi connectivity index (χ1v) is 8.07. The molecule has 27 heavy (non-hydrogen) atoms. The van der Waals surface area contributed by atoms with E-state index in [0.29, 0.717) is 12.8 Å². The van der Waals surface area contributed by atoms with Crippen LogP contribution in [0.15, 0.2) is 0 Å². The summed E-state index contributed by atoms with van der Waals surface area (Å²) in [5, 5.41) is 53.6. The van der Waals surface area contributed by atoms with Gasteiger partial charge in [-0.3, -0.25) is 0 Å². The number of rotatable bonds is 13. The number of ether oxygens (including phenoxy) is 2. The van der Waals surface area contributed by atoms with Gasteiger partial charge in [0.05, 0.1) is 6.61 Å². The fourth-order valence-corrected chi connectivity index (χ4v) is 1.84. The van der Waals surface area contributed by atoms with Crippen LogP contribution in [0.1, 0.15) is 32.6 Å². The lowest BCUT2D eigenvalue weighted by atomic mass is 10.1. The van der Waals surface area contributed by atoms with E-state index in [9.17, 15) is 29.4 Å². The molecule has 0 bridgehead atoms. The second kappa shape index (κ2) is 12.2. The Morgan fingerprint density at radius 1 is 0.778 bits per heavy atom. The summed E-state index contributed by atoms with van der Waals surface area (Å²) in [6, 6.07) is 0. The Balaban J connectivity index is 4.20. The highest BCUT2D eigenvalue weighted by molar-refractivity contribution is 5.84. The van der Waals surface area contributed by atoms with Crippen LogP contribution < -0.4 is 0 Å². The minimum absolute atomic E-state index is 0.188. The van der Waals surface area contributed by atoms with E-state index in [-0.39, 0.29) is 19.4 Å². The Morgan fingerprint density at radius 3 is 1.70 bits per heavy atom. The number of unbranched alkanes of at least 4 members (excludes halogenated alkanes) is 1. The van der Waals surface area contributed by atoms with E-state index in [1.807, 2.05) is 0 Å². The Morgan fingerprint density at radius 2 is 1.26 bits per heavy atom. The maximum atomic E-state index is 11.6. The molecule has 0 radical (unpaired) electrons. The van der Waals surface area contributed by atoms with Gasteiger partial charge in [0.2, 0.25) is 0 Å². The van der Waals surface area contributed by atoms with E-state index in [4.69, 9.17) is 25.2 Å². The molecule has 12 heteroatoms. The van der Waals surface area contributed by atoms with Crippen molar-refractivity contribution in [3.63, 3.8) is 0 Å². The molecule has 0 aromatic carbocycles. The highest BCUT2D eigenvalue weighted by Crippen LogP contribution is 2.11. The number of aliphatic carboxylic acids is 2. The number of carbonyl (C=O) groups is 4. The molecule has 0 heterocycles. The van der Waals surface area contributed by atoms with Gasteiger partial charge in [0.15, 0.2) is 24.4 Å². The standard InChI is InChI=1S/C15H24O12/c1-2-7(27-15(25)11(19)9(17)13(22)23)5-3-4-6-26-14(24)10(18)8(16)12(20)21/h7-11,16-19H,2-6H2,1H3,(H,20,21)(H,22,23). The molecule has 0 saturated heterocycles. The van der Waals surface area contributed by atoms with E-state index < -0.39 is 54.4 Å². The monoisotopic (exact) mass is 396 g/mol. The molecule has 0 fully saturated rings. The fourth-order valence-electron chi connectivity index (χ4n) is 1.84. The summed E-state index contributed by atoms with van der Waals surface area (Å²) in [4.78, 5) is 43.8. The summed E-state index contributed by atoms with van der Waals surface area (Å²) in [6.45, 7) is 1.48. The molecule has 5 unspecified atom stereocenters. The lowest BCUT2D eigenvalue weighted by Gasteiger charge is -2.19. The molecule has 156 valence electrons. The summed E-state index contributed by atoms with van der Waals surface area (Å²) in [5.41, 5.74) is 0. The molecule has 0 aliphatic rings. The molecule has 0 aromatic rings. The van der Waals surface area contributed by atoms with Gasteiger partial charge in [-0.25, -0.2) is 19.2 Å². The maximum Gasteiger partial charge on any atom is 0.338 e. The molecule has 0 amide bonds. The number of aliphatic hydroxyl groups excluding tert-OH is 4. The van der Waals surface area contributed by atoms with Crippen LogP contribution >= 0.6 is 0 Å². The van der Waals surface area contributed by atoms with Gasteiger partial charge >= 0.3 is 23.9 Å². The number of carbonyl (C=O) groups excluding carboxylic acids is 2. The van der Waals surface area contributed by atoms with Gasteiger partial charge in [-0.15, -0.1) is 0 Å². The molecule has 5 atom stereocenters. The van der Waals surface area contributed by atoms with Gasteiger partial charge in [0.25, 0.3) is 0 Å². The quantitative estimate of drug-likeness (QED) is 0.143. The highest BCUT2D eigenvalue weighted by Gasteiger charge is 2.33. The van der Waals surface area contributed by atoms with Gasteiger partial charge < -0.3 is 40.1 Å². The van der Waals surface area contributed by atoms with Crippen molar-refractivity contribution in [3.05, 3.63) is 0 Å². The van der Waals surface area contributed by atoms with Crippen LogP contribution in [-0.2, 0) is 28.7 Å². The largest absolute Gasteiger partial charge is 0.479 e. The van der Waals surface area contributed by atoms with Crippen molar-refractivity contribution in [1.29, 1.82) is 0 Å². The predicted octanol–water partition coefficient (Wildman–Crippen LogP) is -2.37. The van der Waals surface area contributed by atoms with Gasteiger partial charge in [-0.2, -0.15) is 0 Å². The van der Waals surface area contributed by atoms with E-state index in [1.54, 1.807) is 6.92 Å². The fraction of sp³-hybridized carbons (Fsp3) is 0.733. The first kappa shape index (κ1) is 24.7. The average molecular weight is 396 g/mol. The topological polar surface area (TPSA) is 208 Å². The van der Waals surface area contributed by atoms with Crippen molar-refractivity contribution in [2.75, 3.05) is 6.61 Å². The van der Waals surface area contributed by atoms with Gasteiger partial charge in [0.1, 0.15) is 6.10 Å². The van der Waals surface area contributed by atoms with E-state index in [1.165, 1.54) is 0 Å². The first-order valence-electron chi connectivity index (χ1n) is 8.07. The minimum Gasteiger partial charge on any atom is -0.479 e. The third kappa shape index (κ3) is 8.77. The van der Waals surface area contributed by atoms with Crippen LogP contribution in [0.25, 0.3) is 0 Å². The van der Waals surface area contributed by atoms with Crippen LogP contribution in [0, 0.1) is 0 Å². The summed E-state index contributed by atoms with van der Waals surface area (Å²) < 4.78 is 9.51. The van der Waals surface area contributed by atoms with Crippen molar-refractivity contribution < 1.29 is 59.3 Å². The van der Waals surface area contributed by atoms with E-state index in [0.717, 1.165) is 0 Å². The number of hydrogen-bond donors (Lipinski definition) is 6. The smallest absolute Gasteiger partial charge is 0.338 e. The summed E-state index contributed by atoms with van der Waals surface area (Å²) in [7, 11) is 0. The molecule has 6 N–H and O–H groups in total. The number of hydrogen-bond acceptors (Lipinski definition) is 10. The summed E-state index contributed by atoms with van der Waals surface area (Å²) in [5.74, 6) is -6.13. The van der Waals surface area contributed by atoms with Crippen molar-refractivity contribution in [2.45, 2.75) is 63.1 Å². The van der Waals surface area contributed by atoms with Gasteiger partial charge in [-0.1, -0.05) is 6.92 Å².